The Bertz CT molecular complexity index is 574. The molecule has 0 bridgehead atoms. The third-order valence-corrected chi connectivity index (χ3v) is 7.60. The summed E-state index contributed by atoms with van der Waals surface area (Å²) in [7, 11) is 4.09. The number of benzene rings is 2. The van der Waals surface area contributed by atoms with Gasteiger partial charge in [0.15, 0.2) is 0 Å². The molecule has 1 fully saturated rings. The molecular weight excluding hydrogens is 305 g/mol. The van der Waals surface area contributed by atoms with Gasteiger partial charge in [0, 0.05) is 11.1 Å². The minimum Gasteiger partial charge on any atom is -0.332 e. The zero-order valence-electron chi connectivity index (χ0n) is 13.2. The second-order valence-corrected chi connectivity index (χ2v) is 8.10. The van der Waals surface area contributed by atoms with Crippen molar-refractivity contribution in [2.24, 2.45) is 0 Å². The van der Waals surface area contributed by atoms with Crippen LogP contribution in [0.15, 0.2) is 60.7 Å². The Kier molecular flexibility index (Phi) is 5.56. The van der Waals surface area contributed by atoms with Crippen molar-refractivity contribution in [2.75, 3.05) is 13.1 Å². The van der Waals surface area contributed by atoms with Gasteiger partial charge in [0.1, 0.15) is 0 Å². The van der Waals surface area contributed by atoms with Gasteiger partial charge in [-0.05, 0) is 24.2 Å². The molecule has 3 rings (SSSR count). The molecule has 0 radical (unpaired) electrons. The van der Waals surface area contributed by atoms with Crippen molar-refractivity contribution in [1.29, 1.82) is 0 Å². The van der Waals surface area contributed by atoms with Crippen molar-refractivity contribution in [2.45, 2.75) is 24.9 Å². The first-order chi connectivity index (χ1) is 10.8. The zero-order chi connectivity index (χ0) is 15.4. The highest BCUT2D eigenvalue weighted by Crippen LogP contribution is 2.58. The van der Waals surface area contributed by atoms with Crippen LogP contribution in [-0.4, -0.2) is 24.0 Å². The number of nitrogens with zero attached hydrogens (tertiary/aromatic N) is 1. The van der Waals surface area contributed by atoms with Crippen LogP contribution >= 0.6 is 21.4 Å². The van der Waals surface area contributed by atoms with Crippen LogP contribution in [0.2, 0.25) is 0 Å². The summed E-state index contributed by atoms with van der Waals surface area (Å²) in [5.41, 5.74) is 2.91. The van der Waals surface area contributed by atoms with E-state index in [-0.39, 0.29) is 0 Å². The van der Waals surface area contributed by atoms with Crippen LogP contribution in [0.25, 0.3) is 0 Å². The van der Waals surface area contributed by atoms with Gasteiger partial charge in [0.2, 0.25) is 0 Å². The Labute approximate surface area is 142 Å². The highest BCUT2D eigenvalue weighted by molar-refractivity contribution is 8.87. The van der Waals surface area contributed by atoms with E-state index in [0.29, 0.717) is 17.2 Å². The summed E-state index contributed by atoms with van der Waals surface area (Å²) in [5, 5.41) is 0.527. The van der Waals surface area contributed by atoms with Crippen molar-refractivity contribution in [3.8, 4) is 0 Å². The summed E-state index contributed by atoms with van der Waals surface area (Å²) in [4.78, 5) is 2.60. The quantitative estimate of drug-likeness (QED) is 0.544. The lowest BCUT2D eigenvalue weighted by Crippen LogP contribution is -2.40. The molecule has 0 aromatic heterocycles. The van der Waals surface area contributed by atoms with E-state index in [4.69, 9.17) is 0 Å². The Hall–Kier alpha value is -0.835. The SMILES string of the molecule is CCN(CC)B1SSC(c2ccccc2)C1c1ccccc1. The average molecular weight is 327 g/mol. The first-order valence-corrected chi connectivity index (χ1v) is 10.3. The largest absolute Gasteiger partial charge is 0.332 e. The van der Waals surface area contributed by atoms with Crippen molar-refractivity contribution in [3.63, 3.8) is 0 Å². The van der Waals surface area contributed by atoms with E-state index in [1.807, 2.05) is 21.4 Å². The van der Waals surface area contributed by atoms with E-state index in [0.717, 1.165) is 13.1 Å². The Morgan fingerprint density at radius 2 is 1.41 bits per heavy atom. The fraction of sp³-hybridized carbons (Fsp3) is 0.333. The van der Waals surface area contributed by atoms with Crippen LogP contribution in [0.3, 0.4) is 0 Å². The van der Waals surface area contributed by atoms with Crippen LogP contribution in [0, 0.1) is 0 Å². The van der Waals surface area contributed by atoms with E-state index < -0.39 is 0 Å². The molecule has 1 heterocycles. The van der Waals surface area contributed by atoms with Crippen LogP contribution in [0.5, 0.6) is 0 Å². The second kappa shape index (κ2) is 7.63. The zero-order valence-corrected chi connectivity index (χ0v) is 14.8. The Morgan fingerprint density at radius 1 is 0.864 bits per heavy atom. The van der Waals surface area contributed by atoms with Gasteiger partial charge in [0.05, 0.1) is 0 Å². The maximum Gasteiger partial charge on any atom is 0.313 e. The first kappa shape index (κ1) is 16.0. The fourth-order valence-corrected chi connectivity index (χ4v) is 7.18. The smallest absolute Gasteiger partial charge is 0.313 e. The van der Waals surface area contributed by atoms with E-state index in [1.54, 1.807) is 0 Å². The van der Waals surface area contributed by atoms with E-state index >= 15 is 0 Å². The predicted molar refractivity (Wildman–Crippen MR) is 102 cm³/mol. The summed E-state index contributed by atoms with van der Waals surface area (Å²) < 4.78 is 0. The van der Waals surface area contributed by atoms with Crippen molar-refractivity contribution in [1.82, 2.24) is 4.81 Å². The minimum absolute atomic E-state index is 0.527. The lowest BCUT2D eigenvalue weighted by molar-refractivity contribution is 0.480. The van der Waals surface area contributed by atoms with Crippen LogP contribution < -0.4 is 0 Å². The number of hydrogen-bond acceptors (Lipinski definition) is 3. The van der Waals surface area contributed by atoms with Gasteiger partial charge in [-0.1, -0.05) is 85.3 Å². The summed E-state index contributed by atoms with van der Waals surface area (Å²) >= 11 is 0. The molecule has 0 spiro atoms. The lowest BCUT2D eigenvalue weighted by atomic mass is 9.64. The molecule has 1 aliphatic rings. The highest BCUT2D eigenvalue weighted by Gasteiger charge is 2.45. The first-order valence-electron chi connectivity index (χ1n) is 8.01. The van der Waals surface area contributed by atoms with Crippen LogP contribution in [0.4, 0.5) is 0 Å². The molecule has 2 aromatic carbocycles. The van der Waals surface area contributed by atoms with Gasteiger partial charge in [-0.15, -0.1) is 10.6 Å². The second-order valence-electron chi connectivity index (χ2n) is 5.57. The molecule has 114 valence electrons. The average Bonchev–Trinajstić information content (AvgIpc) is 3.02. The van der Waals surface area contributed by atoms with Crippen molar-refractivity contribution in [3.05, 3.63) is 71.8 Å². The van der Waals surface area contributed by atoms with Gasteiger partial charge in [-0.3, -0.25) is 0 Å². The molecule has 2 atom stereocenters. The topological polar surface area (TPSA) is 3.24 Å². The predicted octanol–water partition coefficient (Wildman–Crippen LogP) is 5.28. The van der Waals surface area contributed by atoms with Gasteiger partial charge in [0.25, 0.3) is 0 Å². The lowest BCUT2D eigenvalue weighted by Gasteiger charge is -2.29. The van der Waals surface area contributed by atoms with E-state index in [1.165, 1.54) is 11.1 Å². The molecule has 2 unspecified atom stereocenters. The molecule has 0 N–H and O–H groups in total. The molecule has 1 saturated heterocycles. The third-order valence-electron chi connectivity index (χ3n) is 4.38. The third kappa shape index (κ3) is 3.24. The van der Waals surface area contributed by atoms with Crippen molar-refractivity contribution < 1.29 is 0 Å². The van der Waals surface area contributed by atoms with Crippen molar-refractivity contribution >= 4 is 27.6 Å². The fourth-order valence-electron chi connectivity index (χ4n) is 3.18. The molecule has 0 saturated carbocycles. The Balaban J connectivity index is 1.97. The van der Waals surface area contributed by atoms with Gasteiger partial charge in [-0.2, -0.15) is 0 Å². The molecule has 1 nitrogen and oxygen atoms in total. The normalized spacial score (nSPS) is 21.5. The Morgan fingerprint density at radius 3 is 1.95 bits per heavy atom. The summed E-state index contributed by atoms with van der Waals surface area (Å²) in [6.45, 7) is 6.76. The maximum absolute atomic E-state index is 2.60. The van der Waals surface area contributed by atoms with Crippen LogP contribution in [0.1, 0.15) is 36.0 Å². The molecule has 22 heavy (non-hydrogen) atoms. The molecule has 1 aliphatic heterocycles. The maximum atomic E-state index is 2.60. The number of hydrogen-bond donors (Lipinski definition) is 0. The standard InChI is InChI=1S/C18H22BNS2/c1-3-20(4-2)19-17(15-11-7-5-8-12-15)18(21-22-19)16-13-9-6-10-14-16/h5-14,17-18H,3-4H2,1-2H3. The summed E-state index contributed by atoms with van der Waals surface area (Å²) in [6.07, 6.45) is 0.549. The molecule has 0 amide bonds. The monoisotopic (exact) mass is 327 g/mol. The van der Waals surface area contributed by atoms with Gasteiger partial charge in [-0.25, -0.2) is 0 Å². The molecular formula is C18H22BNS2. The molecule has 0 aliphatic carbocycles. The summed E-state index contributed by atoms with van der Waals surface area (Å²) in [5.74, 6) is 0.540. The number of rotatable bonds is 5. The van der Waals surface area contributed by atoms with Crippen LogP contribution in [-0.2, 0) is 0 Å². The van der Waals surface area contributed by atoms with E-state index in [9.17, 15) is 0 Å². The molecule has 2 aromatic rings. The van der Waals surface area contributed by atoms with E-state index in [2.05, 4.69) is 79.3 Å². The molecule has 4 heteroatoms. The van der Waals surface area contributed by atoms with Gasteiger partial charge >= 0.3 is 6.13 Å². The summed E-state index contributed by atoms with van der Waals surface area (Å²) in [6, 6.07) is 22.0. The van der Waals surface area contributed by atoms with Gasteiger partial charge < -0.3 is 4.81 Å². The minimum atomic E-state index is 0.527. The highest BCUT2D eigenvalue weighted by atomic mass is 33.1.